The summed E-state index contributed by atoms with van der Waals surface area (Å²) in [5.41, 5.74) is 17.8. The van der Waals surface area contributed by atoms with E-state index in [1.54, 1.807) is 0 Å². The molecule has 0 amide bonds. The predicted octanol–water partition coefficient (Wildman–Crippen LogP) is 15.3. The molecular weight excluding hydrogens is 765 g/mol. The second kappa shape index (κ2) is 16.2. The first-order valence-corrected chi connectivity index (χ1v) is 21.7. The molecule has 2 heterocycles. The summed E-state index contributed by atoms with van der Waals surface area (Å²) in [6.45, 7) is 4.36. The fourth-order valence-electron chi connectivity index (χ4n) is 9.01. The highest BCUT2D eigenvalue weighted by Crippen LogP contribution is 2.45. The van der Waals surface area contributed by atoms with Gasteiger partial charge in [-0.15, -0.1) is 0 Å². The first-order chi connectivity index (χ1) is 31.0. The molecular formula is C59H44N4. The Morgan fingerprint density at radius 2 is 0.810 bits per heavy atom. The van der Waals surface area contributed by atoms with Gasteiger partial charge >= 0.3 is 0 Å². The number of rotatable bonds is 8. The maximum absolute atomic E-state index is 5.29. The summed E-state index contributed by atoms with van der Waals surface area (Å²) in [6, 6.07) is 67.7. The minimum absolute atomic E-state index is 0.628. The van der Waals surface area contributed by atoms with E-state index in [4.69, 9.17) is 15.0 Å². The molecule has 1 aliphatic rings. The van der Waals surface area contributed by atoms with Crippen LogP contribution in [0.15, 0.2) is 206 Å². The van der Waals surface area contributed by atoms with E-state index in [0.717, 1.165) is 68.5 Å². The molecule has 300 valence electrons. The van der Waals surface area contributed by atoms with Gasteiger partial charge in [-0.3, -0.25) is 0 Å². The van der Waals surface area contributed by atoms with Crippen LogP contribution in [0.1, 0.15) is 29.8 Å². The Labute approximate surface area is 368 Å². The van der Waals surface area contributed by atoms with Crippen LogP contribution in [0.25, 0.3) is 100 Å². The lowest BCUT2D eigenvalue weighted by atomic mass is 9.91. The largest absolute Gasteiger partial charge is 0.308 e. The summed E-state index contributed by atoms with van der Waals surface area (Å²) in [4.78, 5) is 15.7. The first-order valence-electron chi connectivity index (χ1n) is 21.7. The monoisotopic (exact) mass is 808 g/mol. The minimum atomic E-state index is 0.628. The van der Waals surface area contributed by atoms with Gasteiger partial charge in [-0.25, -0.2) is 15.0 Å². The van der Waals surface area contributed by atoms with Gasteiger partial charge in [-0.05, 0) is 96.5 Å². The van der Waals surface area contributed by atoms with Gasteiger partial charge in [0.15, 0.2) is 17.5 Å². The molecule has 0 saturated heterocycles. The van der Waals surface area contributed by atoms with E-state index in [9.17, 15) is 0 Å². The number of allylic oxidation sites excluding steroid dienone is 4. The predicted molar refractivity (Wildman–Crippen MR) is 263 cm³/mol. The van der Waals surface area contributed by atoms with Gasteiger partial charge in [0.25, 0.3) is 0 Å². The highest BCUT2D eigenvalue weighted by atomic mass is 15.0. The van der Waals surface area contributed by atoms with Crippen LogP contribution in [0.2, 0.25) is 0 Å². The molecule has 1 aliphatic carbocycles. The van der Waals surface area contributed by atoms with Crippen LogP contribution in [0.5, 0.6) is 0 Å². The quantitative estimate of drug-likeness (QED) is 0.154. The topological polar surface area (TPSA) is 43.6 Å². The summed E-state index contributed by atoms with van der Waals surface area (Å²) >= 11 is 0. The van der Waals surface area contributed by atoms with Crippen LogP contribution >= 0.6 is 0 Å². The molecule has 0 radical (unpaired) electrons. The standard InChI is InChI=1S/C59H44N4/c1-39-23-33-54-52(35-39)53-36-40(2)24-34-55(53)63(54)56-50(45-29-25-43(26-30-45)41-15-7-3-8-16-41)37-49(38-51(56)46-31-27-44(28-32-46)42-17-9-4-10-18-42)59-61-57(47-19-11-5-12-20-47)60-58(62-59)48-21-13-6-14-22-48/h3-5,7-13,15-38H,6,14H2,1-2H3. The van der Waals surface area contributed by atoms with Crippen molar-refractivity contribution in [2.45, 2.75) is 26.7 Å². The third-order valence-corrected chi connectivity index (χ3v) is 12.2. The number of aromatic nitrogens is 4. The summed E-state index contributed by atoms with van der Waals surface area (Å²) in [7, 11) is 0. The van der Waals surface area contributed by atoms with E-state index in [-0.39, 0.29) is 0 Å². The third kappa shape index (κ3) is 7.26. The van der Waals surface area contributed by atoms with Gasteiger partial charge in [0.05, 0.1) is 16.7 Å². The zero-order valence-corrected chi connectivity index (χ0v) is 35.3. The van der Waals surface area contributed by atoms with E-state index in [1.165, 1.54) is 44.2 Å². The lowest BCUT2D eigenvalue weighted by Crippen LogP contribution is -2.05. The number of hydrogen-bond acceptors (Lipinski definition) is 3. The van der Waals surface area contributed by atoms with Gasteiger partial charge in [0.2, 0.25) is 0 Å². The van der Waals surface area contributed by atoms with Gasteiger partial charge in [0.1, 0.15) is 0 Å². The van der Waals surface area contributed by atoms with Gasteiger partial charge in [-0.2, -0.15) is 0 Å². The average Bonchev–Trinajstić information content (AvgIpc) is 3.66. The lowest BCUT2D eigenvalue weighted by molar-refractivity contribution is 1.01. The Balaban J connectivity index is 1.24. The van der Waals surface area contributed by atoms with Crippen molar-refractivity contribution in [2.75, 3.05) is 0 Å². The normalized spacial score (nSPS) is 12.5. The molecule has 0 aliphatic heterocycles. The van der Waals surface area contributed by atoms with E-state index in [2.05, 4.69) is 207 Å². The van der Waals surface area contributed by atoms with Crippen molar-refractivity contribution in [2.24, 2.45) is 0 Å². The fourth-order valence-corrected chi connectivity index (χ4v) is 9.01. The Morgan fingerprint density at radius 3 is 1.29 bits per heavy atom. The van der Waals surface area contributed by atoms with E-state index in [1.807, 2.05) is 18.2 Å². The van der Waals surface area contributed by atoms with Gasteiger partial charge in [-0.1, -0.05) is 181 Å². The Kier molecular flexibility index (Phi) is 9.74. The van der Waals surface area contributed by atoms with E-state index < -0.39 is 0 Å². The van der Waals surface area contributed by atoms with Crippen molar-refractivity contribution in [3.05, 3.63) is 223 Å². The molecule has 0 spiro atoms. The highest BCUT2D eigenvalue weighted by molar-refractivity contribution is 6.11. The van der Waals surface area contributed by atoms with Crippen molar-refractivity contribution in [1.82, 2.24) is 19.5 Å². The van der Waals surface area contributed by atoms with Crippen molar-refractivity contribution in [1.29, 1.82) is 0 Å². The summed E-state index contributed by atoms with van der Waals surface area (Å²) < 4.78 is 2.49. The number of fused-ring (bicyclic) bond motifs is 3. The number of nitrogens with zero attached hydrogens (tertiary/aromatic N) is 4. The van der Waals surface area contributed by atoms with Crippen LogP contribution < -0.4 is 0 Å². The molecule has 10 aromatic rings. The summed E-state index contributed by atoms with van der Waals surface area (Å²) in [5.74, 6) is 1.95. The van der Waals surface area contributed by atoms with Crippen molar-refractivity contribution in [3.8, 4) is 73.0 Å². The molecule has 8 aromatic carbocycles. The molecule has 0 fully saturated rings. The van der Waals surface area contributed by atoms with E-state index in [0.29, 0.717) is 17.5 Å². The second-order valence-corrected chi connectivity index (χ2v) is 16.5. The Morgan fingerprint density at radius 1 is 0.381 bits per heavy atom. The Hall–Kier alpha value is -7.95. The van der Waals surface area contributed by atoms with Crippen LogP contribution in [-0.2, 0) is 0 Å². The van der Waals surface area contributed by atoms with Crippen LogP contribution in [0, 0.1) is 13.8 Å². The Bertz CT molecular complexity index is 3200. The SMILES string of the molecule is Cc1ccc2c(c1)c1cc(C)ccc1n2-c1c(-c2ccc(-c3ccccc3)cc2)cc(-c2nc(C3=CCCC=C3)nc(-c3ccccc3)n2)cc1-c1ccc(-c2ccccc2)cc1. The summed E-state index contributed by atoms with van der Waals surface area (Å²) in [5, 5.41) is 2.47. The molecule has 63 heavy (non-hydrogen) atoms. The molecule has 11 rings (SSSR count). The highest BCUT2D eigenvalue weighted by Gasteiger charge is 2.24. The molecule has 0 bridgehead atoms. The number of aryl methyl sites for hydroxylation is 2. The molecule has 2 aromatic heterocycles. The maximum atomic E-state index is 5.29. The molecule has 4 heteroatoms. The van der Waals surface area contributed by atoms with E-state index >= 15 is 0 Å². The molecule has 0 unspecified atom stereocenters. The van der Waals surface area contributed by atoms with Crippen LogP contribution in [0.4, 0.5) is 0 Å². The zero-order chi connectivity index (χ0) is 42.3. The average molecular weight is 809 g/mol. The fraction of sp³-hybridized carbons (Fsp3) is 0.0678. The molecule has 0 N–H and O–H groups in total. The lowest BCUT2D eigenvalue weighted by Gasteiger charge is -2.21. The summed E-state index contributed by atoms with van der Waals surface area (Å²) in [6.07, 6.45) is 8.55. The smallest absolute Gasteiger partial charge is 0.164 e. The maximum Gasteiger partial charge on any atom is 0.164 e. The van der Waals surface area contributed by atoms with Crippen molar-refractivity contribution < 1.29 is 0 Å². The molecule has 0 saturated carbocycles. The first kappa shape index (κ1) is 38.0. The third-order valence-electron chi connectivity index (χ3n) is 12.2. The van der Waals surface area contributed by atoms with Gasteiger partial charge < -0.3 is 4.57 Å². The van der Waals surface area contributed by atoms with Crippen LogP contribution in [-0.4, -0.2) is 19.5 Å². The number of benzene rings is 8. The second-order valence-electron chi connectivity index (χ2n) is 16.5. The van der Waals surface area contributed by atoms with Crippen molar-refractivity contribution >= 4 is 27.4 Å². The van der Waals surface area contributed by atoms with Crippen LogP contribution in [0.3, 0.4) is 0 Å². The zero-order valence-electron chi connectivity index (χ0n) is 35.3. The van der Waals surface area contributed by atoms with Crippen molar-refractivity contribution in [3.63, 3.8) is 0 Å². The number of hydrogen-bond donors (Lipinski definition) is 0. The van der Waals surface area contributed by atoms with Gasteiger partial charge in [0, 0.05) is 38.6 Å². The molecule has 0 atom stereocenters. The minimum Gasteiger partial charge on any atom is -0.308 e. The molecule has 4 nitrogen and oxygen atoms in total.